The van der Waals surface area contributed by atoms with Gasteiger partial charge in [0.25, 0.3) is 11.8 Å². The maximum Gasteiger partial charge on any atom is 0.254 e. The van der Waals surface area contributed by atoms with Crippen molar-refractivity contribution in [2.75, 3.05) is 25.5 Å². The van der Waals surface area contributed by atoms with Crippen LogP contribution in [0, 0.1) is 0 Å². The van der Waals surface area contributed by atoms with E-state index in [4.69, 9.17) is 0 Å². The molecular formula is C20H23N3O2. The lowest BCUT2D eigenvalue weighted by molar-refractivity contribution is 0.0687. The van der Waals surface area contributed by atoms with Crippen molar-refractivity contribution in [3.05, 3.63) is 65.2 Å². The molecule has 0 saturated carbocycles. The molecule has 0 saturated heterocycles. The highest BCUT2D eigenvalue weighted by Gasteiger charge is 2.27. The maximum absolute atomic E-state index is 13.1. The quantitative estimate of drug-likeness (QED) is 0.916. The summed E-state index contributed by atoms with van der Waals surface area (Å²) in [5.41, 5.74) is 3.32. The van der Waals surface area contributed by atoms with Gasteiger partial charge in [-0.05, 0) is 36.8 Å². The predicted octanol–water partition coefficient (Wildman–Crippen LogP) is 2.53. The minimum Gasteiger partial charge on any atom is -0.372 e. The van der Waals surface area contributed by atoms with Crippen LogP contribution >= 0.6 is 0 Å². The van der Waals surface area contributed by atoms with Crippen LogP contribution < -0.4 is 10.2 Å². The van der Waals surface area contributed by atoms with E-state index in [9.17, 15) is 9.59 Å². The lowest BCUT2D eigenvalue weighted by Gasteiger charge is -2.28. The fourth-order valence-electron chi connectivity index (χ4n) is 3.33. The minimum atomic E-state index is -0.191. The lowest BCUT2D eigenvalue weighted by Crippen LogP contribution is -2.42. The Bertz CT molecular complexity index is 803. The number of hydrogen-bond donors (Lipinski definition) is 1. The number of hydrogen-bond acceptors (Lipinski definition) is 3. The van der Waals surface area contributed by atoms with Crippen LogP contribution in [0.4, 0.5) is 5.69 Å². The van der Waals surface area contributed by atoms with Crippen molar-refractivity contribution >= 4 is 17.5 Å². The molecule has 130 valence electrons. The number of nitrogens with one attached hydrogen (secondary N) is 1. The summed E-state index contributed by atoms with van der Waals surface area (Å²) in [5.74, 6) is -0.244. The number of anilines is 1. The average molecular weight is 337 g/mol. The Kier molecular flexibility index (Phi) is 4.74. The Morgan fingerprint density at radius 2 is 1.80 bits per heavy atom. The first-order chi connectivity index (χ1) is 12.0. The third kappa shape index (κ3) is 3.36. The monoisotopic (exact) mass is 337 g/mol. The van der Waals surface area contributed by atoms with Gasteiger partial charge in [-0.1, -0.05) is 24.3 Å². The second-order valence-corrected chi connectivity index (χ2v) is 6.45. The van der Waals surface area contributed by atoms with E-state index in [1.807, 2.05) is 17.0 Å². The largest absolute Gasteiger partial charge is 0.372 e. The molecule has 5 heteroatoms. The molecule has 1 atom stereocenters. The molecule has 0 unspecified atom stereocenters. The van der Waals surface area contributed by atoms with Gasteiger partial charge in [0, 0.05) is 50.0 Å². The van der Waals surface area contributed by atoms with Crippen LogP contribution in [0.1, 0.15) is 33.2 Å². The molecule has 2 amide bonds. The summed E-state index contributed by atoms with van der Waals surface area (Å²) < 4.78 is 0. The second kappa shape index (κ2) is 6.97. The Morgan fingerprint density at radius 3 is 2.56 bits per heavy atom. The Labute approximate surface area is 148 Å². The zero-order valence-electron chi connectivity index (χ0n) is 14.8. The first kappa shape index (κ1) is 17.0. The Morgan fingerprint density at radius 1 is 1.08 bits per heavy atom. The molecule has 5 nitrogen and oxygen atoms in total. The van der Waals surface area contributed by atoms with Crippen LogP contribution in [0.2, 0.25) is 0 Å². The Hall–Kier alpha value is -2.82. The van der Waals surface area contributed by atoms with Crippen molar-refractivity contribution in [3.8, 4) is 0 Å². The molecule has 25 heavy (non-hydrogen) atoms. The Balaban J connectivity index is 1.93. The van der Waals surface area contributed by atoms with Crippen LogP contribution in [0.3, 0.4) is 0 Å². The van der Waals surface area contributed by atoms with Gasteiger partial charge in [-0.15, -0.1) is 0 Å². The van der Waals surface area contributed by atoms with E-state index in [2.05, 4.69) is 36.3 Å². The van der Waals surface area contributed by atoms with E-state index in [1.165, 1.54) is 0 Å². The van der Waals surface area contributed by atoms with Gasteiger partial charge in [0.1, 0.15) is 0 Å². The molecule has 1 aliphatic rings. The molecule has 0 bridgehead atoms. The van der Waals surface area contributed by atoms with E-state index in [-0.39, 0.29) is 17.9 Å². The molecule has 0 spiro atoms. The molecular weight excluding hydrogens is 314 g/mol. The highest BCUT2D eigenvalue weighted by atomic mass is 16.2. The van der Waals surface area contributed by atoms with Gasteiger partial charge in [-0.2, -0.15) is 0 Å². The zero-order valence-corrected chi connectivity index (χ0v) is 14.8. The summed E-state index contributed by atoms with van der Waals surface area (Å²) in [4.78, 5) is 29.0. The molecule has 0 aliphatic carbocycles. The van der Waals surface area contributed by atoms with Gasteiger partial charge >= 0.3 is 0 Å². The van der Waals surface area contributed by atoms with Crippen molar-refractivity contribution in [2.45, 2.75) is 19.5 Å². The van der Waals surface area contributed by atoms with Crippen LogP contribution in [0.5, 0.6) is 0 Å². The number of fused-ring (bicyclic) bond motifs is 1. The third-order valence-corrected chi connectivity index (χ3v) is 4.67. The number of benzene rings is 2. The predicted molar refractivity (Wildman–Crippen MR) is 98.9 cm³/mol. The normalized spacial score (nSPS) is 16.8. The first-order valence-electron chi connectivity index (χ1n) is 8.43. The van der Waals surface area contributed by atoms with E-state index >= 15 is 0 Å². The van der Waals surface area contributed by atoms with E-state index in [0.717, 1.165) is 17.8 Å². The zero-order chi connectivity index (χ0) is 18.0. The van der Waals surface area contributed by atoms with E-state index in [1.54, 1.807) is 31.3 Å². The minimum absolute atomic E-state index is 0.0524. The molecule has 2 aromatic carbocycles. The standard InChI is InChI=1S/C20H23N3O2/c1-14-12-22(3)18-10-5-4-7-17(18)13-23(14)20(25)16-9-6-8-15(11-16)19(24)21-2/h4-11,14H,12-13H2,1-3H3,(H,21,24)/t14-/m0/s1. The summed E-state index contributed by atoms with van der Waals surface area (Å²) in [6.07, 6.45) is 0. The van der Waals surface area contributed by atoms with Crippen LogP contribution in [0.15, 0.2) is 48.5 Å². The number of carbonyl (C=O) groups is 2. The number of nitrogens with zero attached hydrogens (tertiary/aromatic N) is 2. The van der Waals surface area contributed by atoms with Crippen LogP contribution in [-0.2, 0) is 6.54 Å². The van der Waals surface area contributed by atoms with Gasteiger partial charge in [0.2, 0.25) is 0 Å². The summed E-state index contributed by atoms with van der Waals surface area (Å²) in [5, 5.41) is 2.59. The fraction of sp³-hybridized carbons (Fsp3) is 0.300. The summed E-state index contributed by atoms with van der Waals surface area (Å²) in [6.45, 7) is 3.38. The van der Waals surface area contributed by atoms with Gasteiger partial charge < -0.3 is 15.1 Å². The van der Waals surface area contributed by atoms with Crippen molar-refractivity contribution in [3.63, 3.8) is 0 Å². The van der Waals surface area contributed by atoms with Crippen LogP contribution in [0.25, 0.3) is 0 Å². The number of carbonyl (C=O) groups excluding carboxylic acids is 2. The van der Waals surface area contributed by atoms with Gasteiger partial charge in [0.15, 0.2) is 0 Å². The highest BCUT2D eigenvalue weighted by molar-refractivity contribution is 5.99. The fourth-order valence-corrected chi connectivity index (χ4v) is 3.33. The highest BCUT2D eigenvalue weighted by Crippen LogP contribution is 2.27. The lowest BCUT2D eigenvalue weighted by atomic mass is 10.1. The van der Waals surface area contributed by atoms with E-state index in [0.29, 0.717) is 17.7 Å². The summed E-state index contributed by atoms with van der Waals surface area (Å²) in [6, 6.07) is 15.1. The molecule has 3 rings (SSSR count). The number of rotatable bonds is 2. The molecule has 1 N–H and O–H groups in total. The second-order valence-electron chi connectivity index (χ2n) is 6.45. The van der Waals surface area contributed by atoms with Crippen molar-refractivity contribution in [1.29, 1.82) is 0 Å². The summed E-state index contributed by atoms with van der Waals surface area (Å²) >= 11 is 0. The average Bonchev–Trinajstić information content (AvgIpc) is 2.77. The number of likely N-dealkylation sites (N-methyl/N-ethyl adjacent to an activating group) is 1. The topological polar surface area (TPSA) is 52.7 Å². The van der Waals surface area contributed by atoms with Crippen LogP contribution in [-0.4, -0.2) is 43.4 Å². The number of amides is 2. The molecule has 2 aromatic rings. The van der Waals surface area contributed by atoms with Gasteiger partial charge in [-0.25, -0.2) is 0 Å². The molecule has 1 heterocycles. The first-order valence-corrected chi connectivity index (χ1v) is 8.43. The van der Waals surface area contributed by atoms with Gasteiger partial charge in [0.05, 0.1) is 0 Å². The van der Waals surface area contributed by atoms with Crippen molar-refractivity contribution in [1.82, 2.24) is 10.2 Å². The number of para-hydroxylation sites is 1. The molecule has 0 radical (unpaired) electrons. The smallest absolute Gasteiger partial charge is 0.254 e. The summed E-state index contributed by atoms with van der Waals surface area (Å²) in [7, 11) is 3.63. The molecule has 1 aliphatic heterocycles. The third-order valence-electron chi connectivity index (χ3n) is 4.67. The van der Waals surface area contributed by atoms with Crippen molar-refractivity contribution < 1.29 is 9.59 Å². The molecule has 0 fully saturated rings. The SMILES string of the molecule is CNC(=O)c1cccc(C(=O)N2Cc3ccccc3N(C)C[C@@H]2C)c1. The molecule has 0 aromatic heterocycles. The van der Waals surface area contributed by atoms with Crippen molar-refractivity contribution in [2.24, 2.45) is 0 Å². The van der Waals surface area contributed by atoms with Gasteiger partial charge in [-0.3, -0.25) is 9.59 Å². The van der Waals surface area contributed by atoms with E-state index < -0.39 is 0 Å². The maximum atomic E-state index is 13.1.